The minimum Gasteiger partial charge on any atom is -0.497 e. The van der Waals surface area contributed by atoms with Gasteiger partial charge in [0.2, 0.25) is 5.91 Å². The fraction of sp³-hybridized carbons (Fsp3) is 0.625. The number of rotatable bonds is 24. The molecule has 0 spiro atoms. The molecule has 12 heteroatoms. The van der Waals surface area contributed by atoms with Crippen LogP contribution >= 0.6 is 0 Å². The van der Waals surface area contributed by atoms with Crippen molar-refractivity contribution in [3.8, 4) is 11.5 Å². The summed E-state index contributed by atoms with van der Waals surface area (Å²) in [7, 11) is 3.24. The Kier molecular flexibility index (Phi) is 19.0. The van der Waals surface area contributed by atoms with Gasteiger partial charge in [0.15, 0.2) is 0 Å². The highest BCUT2D eigenvalue weighted by molar-refractivity contribution is 5.78. The number of esters is 1. The number of hydrogen-bond acceptors (Lipinski definition) is 9. The molecule has 3 aromatic carbocycles. The van der Waals surface area contributed by atoms with Gasteiger partial charge in [-0.05, 0) is 145 Å². The first-order chi connectivity index (χ1) is 36.6. The third kappa shape index (κ3) is 12.8. The van der Waals surface area contributed by atoms with Crippen LogP contribution in [0.15, 0.2) is 90.5 Å². The van der Waals surface area contributed by atoms with Crippen molar-refractivity contribution in [3.05, 3.63) is 107 Å². The van der Waals surface area contributed by atoms with Crippen LogP contribution in [0.1, 0.15) is 160 Å². The monoisotopic (exact) mass is 1040 g/mol. The molecular formula is C64H88N2O10. The molecule has 3 saturated carbocycles. The van der Waals surface area contributed by atoms with Crippen LogP contribution < -0.4 is 14.8 Å². The third-order valence-electron chi connectivity index (χ3n) is 19.1. The van der Waals surface area contributed by atoms with Crippen molar-refractivity contribution in [2.75, 3.05) is 40.5 Å². The van der Waals surface area contributed by atoms with Crippen molar-refractivity contribution < 1.29 is 48.0 Å². The predicted molar refractivity (Wildman–Crippen MR) is 295 cm³/mol. The molecule has 2 N–H and O–H groups in total. The smallest absolute Gasteiger partial charge is 0.407 e. The molecule has 12 nitrogen and oxygen atoms in total. The zero-order chi connectivity index (χ0) is 54.0. The molecule has 4 fully saturated rings. The second-order valence-electron chi connectivity index (χ2n) is 24.1. The molecule has 10 atom stereocenters. The number of allylic oxidation sites excluding steroid dienone is 1. The quantitative estimate of drug-likeness (QED) is 0.0384. The summed E-state index contributed by atoms with van der Waals surface area (Å²) >= 11 is 0. The van der Waals surface area contributed by atoms with Gasteiger partial charge in [0.05, 0.1) is 40.2 Å². The fourth-order valence-electron chi connectivity index (χ4n) is 15.0. The van der Waals surface area contributed by atoms with Gasteiger partial charge in [0.1, 0.15) is 29.3 Å². The highest BCUT2D eigenvalue weighted by Gasteiger charge is 2.59. The normalized spacial score (nSPS) is 27.3. The number of nitrogens with zero attached hydrogens (tertiary/aromatic N) is 1. The minimum absolute atomic E-state index is 0.0643. The van der Waals surface area contributed by atoms with E-state index in [4.69, 9.17) is 23.7 Å². The van der Waals surface area contributed by atoms with E-state index >= 15 is 0 Å². The van der Waals surface area contributed by atoms with Crippen LogP contribution in [-0.4, -0.2) is 86.6 Å². The highest BCUT2D eigenvalue weighted by Crippen LogP contribution is 2.67. The van der Waals surface area contributed by atoms with Gasteiger partial charge in [0.25, 0.3) is 0 Å². The van der Waals surface area contributed by atoms with Crippen molar-refractivity contribution in [1.82, 2.24) is 10.2 Å². The predicted octanol–water partition coefficient (Wildman–Crippen LogP) is 12.9. The molecule has 2 amide bonds. The molecule has 76 heavy (non-hydrogen) atoms. The summed E-state index contributed by atoms with van der Waals surface area (Å²) in [6, 6.07) is 25.3. The Bertz CT molecular complexity index is 2390. The Labute approximate surface area is 453 Å². The number of alkyl carbamates (subject to hydrolysis) is 1. The SMILES string of the molecule is COc1ccc(C(OCC2CN(C(=O)CCCCCNC(=O)OC3CC[C@@]4(C)C(=CCC5C6CCC(C(C)CCCC(C)C)[C@@]6(C)CCC54)C3)CC2OC(=O)CCC(=O)O)(c2ccccc2)c2ccc(OC)cc2)cc1. The summed E-state index contributed by atoms with van der Waals surface area (Å²) < 4.78 is 30.2. The first-order valence-electron chi connectivity index (χ1n) is 28.9. The Morgan fingerprint density at radius 3 is 2.08 bits per heavy atom. The van der Waals surface area contributed by atoms with Crippen LogP contribution in [0, 0.1) is 52.3 Å². The highest BCUT2D eigenvalue weighted by atomic mass is 16.6. The van der Waals surface area contributed by atoms with E-state index in [1.54, 1.807) is 19.1 Å². The number of carboxylic acid groups (broad SMARTS) is 1. The van der Waals surface area contributed by atoms with E-state index in [1.165, 1.54) is 56.9 Å². The number of fused-ring (bicyclic) bond motifs is 5. The van der Waals surface area contributed by atoms with Crippen LogP contribution in [0.5, 0.6) is 11.5 Å². The van der Waals surface area contributed by atoms with Crippen LogP contribution in [0.2, 0.25) is 0 Å². The van der Waals surface area contributed by atoms with E-state index in [1.807, 2.05) is 78.9 Å². The lowest BCUT2D eigenvalue weighted by Crippen LogP contribution is -2.51. The number of carbonyl (C=O) groups excluding carboxylic acids is 3. The average molecular weight is 1050 g/mol. The number of carbonyl (C=O) groups is 4. The molecule has 8 unspecified atom stereocenters. The van der Waals surface area contributed by atoms with Crippen LogP contribution in [0.4, 0.5) is 4.79 Å². The molecule has 8 rings (SSSR count). The maximum absolute atomic E-state index is 13.9. The molecule has 1 aliphatic heterocycles. The Hall–Kier alpha value is -5.36. The fourth-order valence-corrected chi connectivity index (χ4v) is 15.0. The zero-order valence-electron chi connectivity index (χ0n) is 46.7. The molecule has 4 aliphatic carbocycles. The lowest BCUT2D eigenvalue weighted by Gasteiger charge is -2.58. The maximum atomic E-state index is 13.9. The average Bonchev–Trinajstić information content (AvgIpc) is 4.01. The summed E-state index contributed by atoms with van der Waals surface area (Å²) in [5.41, 5.74) is 3.59. The summed E-state index contributed by atoms with van der Waals surface area (Å²) in [5.74, 6) is 3.93. The molecule has 0 aromatic heterocycles. The molecule has 1 heterocycles. The van der Waals surface area contributed by atoms with Crippen LogP contribution in [-0.2, 0) is 34.2 Å². The molecule has 3 aromatic rings. The Morgan fingerprint density at radius 2 is 1.42 bits per heavy atom. The zero-order valence-corrected chi connectivity index (χ0v) is 46.7. The number of methoxy groups -OCH3 is 2. The van der Waals surface area contributed by atoms with E-state index in [-0.39, 0.29) is 56.1 Å². The number of nitrogens with one attached hydrogen (secondary N) is 1. The maximum Gasteiger partial charge on any atom is 0.407 e. The number of likely N-dealkylation sites (tertiary alicyclic amines) is 1. The van der Waals surface area contributed by atoms with Gasteiger partial charge in [-0.25, -0.2) is 4.79 Å². The molecule has 414 valence electrons. The summed E-state index contributed by atoms with van der Waals surface area (Å²) in [4.78, 5) is 53.2. The lowest BCUT2D eigenvalue weighted by molar-refractivity contribution is -0.154. The molecule has 0 radical (unpaired) electrons. The molecule has 5 aliphatic rings. The number of carboxylic acids is 1. The Morgan fingerprint density at radius 1 is 0.737 bits per heavy atom. The largest absolute Gasteiger partial charge is 0.497 e. The minimum atomic E-state index is -1.13. The standard InChI is InChI=1S/C64H88N2O10/c1-43(2)15-14-16-44(3)54-30-31-55-53-29-24-49-39-52(34-36-62(49,4)56(53)35-37-63(54,55)5)75-61(71)65-38-13-9-12-19-58(67)66-40-45(57(41-66)76-60(70)33-32-59(68)69)42-74-64(46-17-10-8-11-18-46,47-20-25-50(72-6)26-21-47)48-22-27-51(73-7)28-23-48/h8,10-11,17-18,20-28,43-45,52-57H,9,12-16,19,29-42H2,1-7H3,(H,65,71)(H,68,69)/t44?,45?,52?,53?,54?,55?,56?,57?,62-,63+/m0/s1. The topological polar surface area (TPSA) is 150 Å². The summed E-state index contributed by atoms with van der Waals surface area (Å²) in [5, 5.41) is 12.3. The lowest BCUT2D eigenvalue weighted by atomic mass is 9.47. The van der Waals surface area contributed by atoms with Crippen molar-refractivity contribution in [1.29, 1.82) is 0 Å². The first-order valence-corrected chi connectivity index (χ1v) is 28.9. The van der Waals surface area contributed by atoms with Gasteiger partial charge in [-0.2, -0.15) is 0 Å². The summed E-state index contributed by atoms with van der Waals surface area (Å²) in [6.07, 6.45) is 16.6. The van der Waals surface area contributed by atoms with Gasteiger partial charge in [-0.3, -0.25) is 14.4 Å². The summed E-state index contributed by atoms with van der Waals surface area (Å²) in [6.45, 7) is 13.5. The van der Waals surface area contributed by atoms with E-state index in [2.05, 4.69) is 46.0 Å². The number of ether oxygens (including phenoxy) is 5. The number of hydrogen-bond donors (Lipinski definition) is 2. The van der Waals surface area contributed by atoms with E-state index < -0.39 is 29.6 Å². The van der Waals surface area contributed by atoms with Crippen molar-refractivity contribution in [3.63, 3.8) is 0 Å². The second-order valence-corrected chi connectivity index (χ2v) is 24.1. The number of benzene rings is 3. The molecular weight excluding hydrogens is 957 g/mol. The molecule has 0 bridgehead atoms. The van der Waals surface area contributed by atoms with Crippen LogP contribution in [0.25, 0.3) is 0 Å². The number of amides is 2. The van der Waals surface area contributed by atoms with Gasteiger partial charge < -0.3 is 39.0 Å². The van der Waals surface area contributed by atoms with E-state index in [0.29, 0.717) is 42.7 Å². The van der Waals surface area contributed by atoms with Gasteiger partial charge >= 0.3 is 18.0 Å². The van der Waals surface area contributed by atoms with Crippen molar-refractivity contribution in [2.24, 2.45) is 52.3 Å². The molecule has 1 saturated heterocycles. The second kappa shape index (κ2) is 25.4. The van der Waals surface area contributed by atoms with Gasteiger partial charge in [-0.15, -0.1) is 0 Å². The van der Waals surface area contributed by atoms with Crippen molar-refractivity contribution in [2.45, 2.75) is 162 Å². The van der Waals surface area contributed by atoms with Crippen LogP contribution in [0.3, 0.4) is 0 Å². The number of unbranched alkanes of at least 4 members (excludes halogenated alkanes) is 2. The van der Waals surface area contributed by atoms with Gasteiger partial charge in [-0.1, -0.05) is 127 Å². The van der Waals surface area contributed by atoms with E-state index in [9.17, 15) is 24.3 Å². The third-order valence-corrected chi connectivity index (χ3v) is 19.1. The number of aliphatic carboxylic acids is 1. The van der Waals surface area contributed by atoms with Crippen molar-refractivity contribution >= 4 is 23.9 Å². The van der Waals surface area contributed by atoms with E-state index in [0.717, 1.165) is 77.9 Å². The Balaban J connectivity index is 0.827. The first kappa shape index (κ1) is 56.8. The van der Waals surface area contributed by atoms with Gasteiger partial charge in [0, 0.05) is 31.8 Å².